The van der Waals surface area contributed by atoms with Gasteiger partial charge in [-0.15, -0.1) is 0 Å². The number of hydrogen-bond acceptors (Lipinski definition) is 4. The van der Waals surface area contributed by atoms with Crippen LogP contribution in [-0.2, 0) is 20.0 Å². The highest BCUT2D eigenvalue weighted by molar-refractivity contribution is 5.20. The molecule has 0 N–H and O–H groups in total. The largest absolute Gasteiger partial charge is 0.304 e. The summed E-state index contributed by atoms with van der Waals surface area (Å²) in [4.78, 5) is 4.74. The van der Waals surface area contributed by atoms with Gasteiger partial charge in [0.15, 0.2) is 0 Å². The summed E-state index contributed by atoms with van der Waals surface area (Å²) < 4.78 is 1.80. The van der Waals surface area contributed by atoms with Crippen molar-refractivity contribution in [1.29, 1.82) is 5.26 Å². The van der Waals surface area contributed by atoms with Crippen molar-refractivity contribution in [3.8, 4) is 6.07 Å². The SMILES string of the molecule is CN1CCN(Cc2nn(C)cc2CC#N)CC1. The minimum absolute atomic E-state index is 0.455. The molecule has 1 aliphatic heterocycles. The summed E-state index contributed by atoms with van der Waals surface area (Å²) >= 11 is 0. The van der Waals surface area contributed by atoms with Crippen LogP contribution in [-0.4, -0.2) is 52.8 Å². The predicted octanol–water partition coefficient (Wildman–Crippen LogP) is 0.234. The Balaban J connectivity index is 2.00. The lowest BCUT2D eigenvalue weighted by Gasteiger charge is -2.31. The lowest BCUT2D eigenvalue weighted by molar-refractivity contribution is 0.146. The third-order valence-electron chi connectivity index (χ3n) is 3.23. The number of hydrogen-bond donors (Lipinski definition) is 0. The molecule has 2 rings (SSSR count). The van der Waals surface area contributed by atoms with Gasteiger partial charge < -0.3 is 4.90 Å². The van der Waals surface area contributed by atoms with Crippen LogP contribution in [0.25, 0.3) is 0 Å². The predicted molar refractivity (Wildman–Crippen MR) is 65.3 cm³/mol. The lowest BCUT2D eigenvalue weighted by Crippen LogP contribution is -2.44. The molecule has 0 radical (unpaired) electrons. The van der Waals surface area contributed by atoms with Crippen LogP contribution < -0.4 is 0 Å². The summed E-state index contributed by atoms with van der Waals surface area (Å²) in [7, 11) is 4.06. The van der Waals surface area contributed by atoms with Crippen molar-refractivity contribution < 1.29 is 0 Å². The Kier molecular flexibility index (Phi) is 3.77. The normalized spacial score (nSPS) is 18.2. The number of aryl methyl sites for hydroxylation is 1. The van der Waals surface area contributed by atoms with Gasteiger partial charge in [0, 0.05) is 51.5 Å². The van der Waals surface area contributed by atoms with E-state index in [9.17, 15) is 0 Å². The molecule has 17 heavy (non-hydrogen) atoms. The molecule has 1 aliphatic rings. The van der Waals surface area contributed by atoms with E-state index in [4.69, 9.17) is 5.26 Å². The first kappa shape index (κ1) is 12.1. The Bertz CT molecular complexity index is 409. The minimum atomic E-state index is 0.455. The molecule has 2 heterocycles. The fourth-order valence-electron chi connectivity index (χ4n) is 2.17. The van der Waals surface area contributed by atoms with Crippen molar-refractivity contribution in [2.24, 2.45) is 7.05 Å². The van der Waals surface area contributed by atoms with Crippen LogP contribution in [0.2, 0.25) is 0 Å². The second kappa shape index (κ2) is 5.30. The number of rotatable bonds is 3. The topological polar surface area (TPSA) is 48.1 Å². The molecule has 0 bridgehead atoms. The summed E-state index contributed by atoms with van der Waals surface area (Å²) in [6, 6.07) is 2.20. The summed E-state index contributed by atoms with van der Waals surface area (Å²) in [5, 5.41) is 13.2. The lowest BCUT2D eigenvalue weighted by atomic mass is 10.2. The van der Waals surface area contributed by atoms with Crippen molar-refractivity contribution in [2.45, 2.75) is 13.0 Å². The van der Waals surface area contributed by atoms with Gasteiger partial charge in [0.2, 0.25) is 0 Å². The zero-order valence-corrected chi connectivity index (χ0v) is 10.6. The smallest absolute Gasteiger partial charge is 0.0807 e. The Morgan fingerprint density at radius 2 is 2.00 bits per heavy atom. The number of nitriles is 1. The van der Waals surface area contributed by atoms with E-state index >= 15 is 0 Å². The standard InChI is InChI=1S/C12H19N5/c1-15-5-7-17(8-6-15)10-12-11(3-4-13)9-16(2)14-12/h9H,3,5-8,10H2,1-2H3. The molecule has 0 unspecified atom stereocenters. The van der Waals surface area contributed by atoms with Crippen LogP contribution in [0.4, 0.5) is 0 Å². The number of aromatic nitrogens is 2. The average molecular weight is 233 g/mol. The Hall–Kier alpha value is -1.38. The molecule has 0 saturated carbocycles. The number of nitrogens with zero attached hydrogens (tertiary/aromatic N) is 5. The number of likely N-dealkylation sites (N-methyl/N-ethyl adjacent to an activating group) is 1. The minimum Gasteiger partial charge on any atom is -0.304 e. The Labute approximate surface area is 102 Å². The quantitative estimate of drug-likeness (QED) is 0.750. The third-order valence-corrected chi connectivity index (χ3v) is 3.23. The maximum atomic E-state index is 8.79. The monoisotopic (exact) mass is 233 g/mol. The molecule has 1 aromatic heterocycles. The summed E-state index contributed by atoms with van der Waals surface area (Å²) in [5.74, 6) is 0. The molecule has 5 heteroatoms. The van der Waals surface area contributed by atoms with E-state index in [2.05, 4.69) is 28.0 Å². The molecule has 5 nitrogen and oxygen atoms in total. The van der Waals surface area contributed by atoms with E-state index in [0.29, 0.717) is 6.42 Å². The van der Waals surface area contributed by atoms with Crippen LogP contribution in [0.1, 0.15) is 11.3 Å². The third kappa shape index (κ3) is 3.05. The van der Waals surface area contributed by atoms with Crippen molar-refractivity contribution in [3.05, 3.63) is 17.5 Å². The molecular weight excluding hydrogens is 214 g/mol. The van der Waals surface area contributed by atoms with Gasteiger partial charge in [0.1, 0.15) is 0 Å². The maximum Gasteiger partial charge on any atom is 0.0807 e. The molecule has 92 valence electrons. The van der Waals surface area contributed by atoms with Gasteiger partial charge in [0.05, 0.1) is 18.2 Å². The van der Waals surface area contributed by atoms with Crippen LogP contribution in [0, 0.1) is 11.3 Å². The molecule has 1 saturated heterocycles. The van der Waals surface area contributed by atoms with Gasteiger partial charge in [-0.3, -0.25) is 9.58 Å². The fraction of sp³-hybridized carbons (Fsp3) is 0.667. The van der Waals surface area contributed by atoms with Gasteiger partial charge in [-0.2, -0.15) is 10.4 Å². The summed E-state index contributed by atoms with van der Waals surface area (Å²) in [6.07, 6.45) is 2.41. The van der Waals surface area contributed by atoms with Crippen molar-refractivity contribution in [2.75, 3.05) is 33.2 Å². The van der Waals surface area contributed by atoms with E-state index < -0.39 is 0 Å². The Morgan fingerprint density at radius 3 is 2.65 bits per heavy atom. The van der Waals surface area contributed by atoms with Crippen LogP contribution in [0.3, 0.4) is 0 Å². The van der Waals surface area contributed by atoms with Gasteiger partial charge >= 0.3 is 0 Å². The van der Waals surface area contributed by atoms with Crippen LogP contribution in [0.15, 0.2) is 6.20 Å². The van der Waals surface area contributed by atoms with Gasteiger partial charge in [-0.05, 0) is 7.05 Å². The molecule has 0 aliphatic carbocycles. The highest BCUT2D eigenvalue weighted by Gasteiger charge is 2.17. The van der Waals surface area contributed by atoms with E-state index in [-0.39, 0.29) is 0 Å². The second-order valence-electron chi connectivity index (χ2n) is 4.69. The fourth-order valence-corrected chi connectivity index (χ4v) is 2.17. The summed E-state index contributed by atoms with van der Waals surface area (Å²) in [5.41, 5.74) is 2.12. The van der Waals surface area contributed by atoms with E-state index in [1.807, 2.05) is 13.2 Å². The highest BCUT2D eigenvalue weighted by Crippen LogP contribution is 2.11. The summed E-state index contributed by atoms with van der Waals surface area (Å²) in [6.45, 7) is 5.25. The molecular formula is C12H19N5. The zero-order chi connectivity index (χ0) is 12.3. The van der Waals surface area contributed by atoms with Crippen molar-refractivity contribution in [3.63, 3.8) is 0 Å². The molecule has 0 aromatic carbocycles. The molecule has 0 spiro atoms. The Morgan fingerprint density at radius 1 is 1.29 bits per heavy atom. The van der Waals surface area contributed by atoms with Crippen molar-refractivity contribution >= 4 is 0 Å². The number of piperazine rings is 1. The molecule has 1 fully saturated rings. The molecule has 1 aromatic rings. The van der Waals surface area contributed by atoms with Crippen molar-refractivity contribution in [1.82, 2.24) is 19.6 Å². The first-order chi connectivity index (χ1) is 8.19. The molecule has 0 atom stereocenters. The maximum absolute atomic E-state index is 8.79. The zero-order valence-electron chi connectivity index (χ0n) is 10.6. The van der Waals surface area contributed by atoms with Crippen LogP contribution in [0.5, 0.6) is 0 Å². The van der Waals surface area contributed by atoms with E-state index in [1.165, 1.54) is 0 Å². The van der Waals surface area contributed by atoms with E-state index in [0.717, 1.165) is 44.0 Å². The second-order valence-corrected chi connectivity index (χ2v) is 4.69. The van der Waals surface area contributed by atoms with Gasteiger partial charge in [0.25, 0.3) is 0 Å². The van der Waals surface area contributed by atoms with Gasteiger partial charge in [-0.25, -0.2) is 0 Å². The molecule has 0 amide bonds. The van der Waals surface area contributed by atoms with Gasteiger partial charge in [-0.1, -0.05) is 0 Å². The average Bonchev–Trinajstić information content (AvgIpc) is 2.63. The highest BCUT2D eigenvalue weighted by atomic mass is 15.3. The first-order valence-electron chi connectivity index (χ1n) is 5.98. The first-order valence-corrected chi connectivity index (χ1v) is 5.98. The van der Waals surface area contributed by atoms with E-state index in [1.54, 1.807) is 4.68 Å². The van der Waals surface area contributed by atoms with Crippen LogP contribution >= 0.6 is 0 Å².